The van der Waals surface area contributed by atoms with E-state index in [2.05, 4.69) is 26.0 Å². The zero-order chi connectivity index (χ0) is 13.8. The summed E-state index contributed by atoms with van der Waals surface area (Å²) >= 11 is 3.52. The van der Waals surface area contributed by atoms with Gasteiger partial charge in [0.05, 0.1) is 0 Å². The zero-order valence-electron chi connectivity index (χ0n) is 11.0. The maximum Gasteiger partial charge on any atom is 0.164 e. The van der Waals surface area contributed by atoms with E-state index in [-0.39, 0.29) is 6.04 Å². The molecule has 6 heteroatoms. The topological polar surface area (TPSA) is 66.0 Å². The molecule has 0 fully saturated rings. The van der Waals surface area contributed by atoms with Crippen LogP contribution < -0.4 is 10.5 Å². The van der Waals surface area contributed by atoms with Crippen LogP contribution in [0.25, 0.3) is 0 Å². The highest BCUT2D eigenvalue weighted by Gasteiger charge is 2.07. The molecule has 19 heavy (non-hydrogen) atoms. The Labute approximate surface area is 120 Å². The van der Waals surface area contributed by atoms with Gasteiger partial charge in [-0.15, -0.1) is 0 Å². The van der Waals surface area contributed by atoms with Crippen molar-refractivity contribution in [2.75, 3.05) is 0 Å². The molecule has 2 rings (SSSR count). The zero-order valence-corrected chi connectivity index (χ0v) is 12.6. The Kier molecular flexibility index (Phi) is 4.55. The smallest absolute Gasteiger partial charge is 0.164 e. The van der Waals surface area contributed by atoms with E-state index in [0.29, 0.717) is 6.61 Å². The molecule has 2 aromatic rings. The average Bonchev–Trinajstić information content (AvgIpc) is 2.75. The van der Waals surface area contributed by atoms with Crippen molar-refractivity contribution in [2.45, 2.75) is 26.0 Å². The summed E-state index contributed by atoms with van der Waals surface area (Å²) in [6.45, 7) is 2.38. The number of aryl methyl sites for hydroxylation is 1. The summed E-state index contributed by atoms with van der Waals surface area (Å²) in [5.74, 6) is 1.60. The van der Waals surface area contributed by atoms with E-state index < -0.39 is 0 Å². The van der Waals surface area contributed by atoms with Crippen LogP contribution in [0.15, 0.2) is 29.0 Å². The van der Waals surface area contributed by atoms with Gasteiger partial charge in [-0.2, -0.15) is 5.10 Å². The van der Waals surface area contributed by atoms with Crippen LogP contribution in [-0.2, 0) is 20.1 Å². The molecule has 1 aromatic heterocycles. The lowest BCUT2D eigenvalue weighted by Gasteiger charge is -2.11. The normalized spacial score (nSPS) is 12.4. The van der Waals surface area contributed by atoms with Crippen LogP contribution in [0.3, 0.4) is 0 Å². The molecule has 0 saturated carbocycles. The molecule has 0 radical (unpaired) electrons. The third-order valence-corrected chi connectivity index (χ3v) is 3.51. The van der Waals surface area contributed by atoms with Crippen molar-refractivity contribution in [2.24, 2.45) is 12.8 Å². The van der Waals surface area contributed by atoms with Gasteiger partial charge in [0.2, 0.25) is 0 Å². The van der Waals surface area contributed by atoms with Crippen LogP contribution in [0.5, 0.6) is 5.75 Å². The molecule has 0 amide bonds. The molecule has 1 aromatic carbocycles. The molecule has 0 aliphatic rings. The van der Waals surface area contributed by atoms with Crippen molar-refractivity contribution in [1.29, 1.82) is 0 Å². The number of halogens is 1. The van der Waals surface area contributed by atoms with E-state index in [4.69, 9.17) is 10.5 Å². The molecule has 0 saturated heterocycles. The number of hydrogen-bond acceptors (Lipinski definition) is 4. The molecule has 0 bridgehead atoms. The van der Waals surface area contributed by atoms with Crippen molar-refractivity contribution in [3.8, 4) is 5.75 Å². The number of rotatable bonds is 5. The van der Waals surface area contributed by atoms with Crippen LogP contribution >= 0.6 is 15.9 Å². The number of benzene rings is 1. The molecule has 0 aliphatic carbocycles. The summed E-state index contributed by atoms with van der Waals surface area (Å²) in [5.41, 5.74) is 6.98. The lowest BCUT2D eigenvalue weighted by molar-refractivity contribution is 0.289. The molecule has 0 aliphatic heterocycles. The largest absolute Gasteiger partial charge is 0.486 e. The van der Waals surface area contributed by atoms with Gasteiger partial charge in [-0.3, -0.25) is 4.68 Å². The minimum atomic E-state index is 0.116. The molecule has 2 N–H and O–H groups in total. The van der Waals surface area contributed by atoms with E-state index in [1.54, 1.807) is 4.68 Å². The molecule has 5 nitrogen and oxygen atoms in total. The maximum absolute atomic E-state index is 5.83. The fourth-order valence-corrected chi connectivity index (χ4v) is 2.15. The summed E-state index contributed by atoms with van der Waals surface area (Å²) < 4.78 is 8.47. The standard InChI is InChI=1S/C13H17BrN4O/c1-9(15)5-10-6-11(3-4-12(10)14)19-7-13-16-8-17-18(13)2/h3-4,6,8-9H,5,7,15H2,1-2H3. The van der Waals surface area contributed by atoms with E-state index in [9.17, 15) is 0 Å². The van der Waals surface area contributed by atoms with Crippen LogP contribution in [-0.4, -0.2) is 20.8 Å². The van der Waals surface area contributed by atoms with Crippen LogP contribution in [0.1, 0.15) is 18.3 Å². The van der Waals surface area contributed by atoms with Gasteiger partial charge < -0.3 is 10.5 Å². The highest BCUT2D eigenvalue weighted by molar-refractivity contribution is 9.10. The fourth-order valence-electron chi connectivity index (χ4n) is 1.74. The van der Waals surface area contributed by atoms with E-state index in [1.807, 2.05) is 32.2 Å². The first-order valence-electron chi connectivity index (χ1n) is 6.06. The summed E-state index contributed by atoms with van der Waals surface area (Å²) in [7, 11) is 1.84. The van der Waals surface area contributed by atoms with Gasteiger partial charge in [-0.25, -0.2) is 4.98 Å². The van der Waals surface area contributed by atoms with Crippen LogP contribution in [0, 0.1) is 0 Å². The Hall–Kier alpha value is -1.40. The Morgan fingerprint density at radius 1 is 1.47 bits per heavy atom. The van der Waals surface area contributed by atoms with E-state index >= 15 is 0 Å². The molecule has 1 atom stereocenters. The molecule has 0 spiro atoms. The first kappa shape index (κ1) is 14.0. The minimum absolute atomic E-state index is 0.116. The monoisotopic (exact) mass is 324 g/mol. The summed E-state index contributed by atoms with van der Waals surface area (Å²) in [5, 5.41) is 4.00. The maximum atomic E-state index is 5.83. The first-order chi connectivity index (χ1) is 9.06. The highest BCUT2D eigenvalue weighted by atomic mass is 79.9. The summed E-state index contributed by atoms with van der Waals surface area (Å²) in [4.78, 5) is 4.12. The van der Waals surface area contributed by atoms with Crippen LogP contribution in [0.2, 0.25) is 0 Å². The van der Waals surface area contributed by atoms with E-state index in [1.165, 1.54) is 6.33 Å². The van der Waals surface area contributed by atoms with Crippen molar-refractivity contribution < 1.29 is 4.74 Å². The Morgan fingerprint density at radius 3 is 2.89 bits per heavy atom. The van der Waals surface area contributed by atoms with Crippen molar-refractivity contribution in [3.05, 3.63) is 40.4 Å². The lowest BCUT2D eigenvalue weighted by Crippen LogP contribution is -2.18. The second-order valence-electron chi connectivity index (χ2n) is 4.52. The van der Waals surface area contributed by atoms with Gasteiger partial charge in [0.25, 0.3) is 0 Å². The van der Waals surface area contributed by atoms with Gasteiger partial charge >= 0.3 is 0 Å². The molecular formula is C13H17BrN4O. The first-order valence-corrected chi connectivity index (χ1v) is 6.85. The summed E-state index contributed by atoms with van der Waals surface area (Å²) in [6.07, 6.45) is 2.32. The second kappa shape index (κ2) is 6.16. The van der Waals surface area contributed by atoms with Gasteiger partial charge in [-0.1, -0.05) is 15.9 Å². The minimum Gasteiger partial charge on any atom is -0.486 e. The van der Waals surface area contributed by atoms with Crippen molar-refractivity contribution in [3.63, 3.8) is 0 Å². The van der Waals surface area contributed by atoms with Gasteiger partial charge in [0.1, 0.15) is 18.7 Å². The van der Waals surface area contributed by atoms with E-state index in [0.717, 1.165) is 28.0 Å². The number of ether oxygens (including phenoxy) is 1. The molecule has 1 unspecified atom stereocenters. The lowest BCUT2D eigenvalue weighted by atomic mass is 10.1. The third-order valence-electron chi connectivity index (χ3n) is 2.73. The quantitative estimate of drug-likeness (QED) is 0.914. The van der Waals surface area contributed by atoms with Crippen molar-refractivity contribution in [1.82, 2.24) is 14.8 Å². The SMILES string of the molecule is CC(N)Cc1cc(OCc2ncnn2C)ccc1Br. The average molecular weight is 325 g/mol. The van der Waals surface area contributed by atoms with Gasteiger partial charge in [0.15, 0.2) is 5.82 Å². The Bertz CT molecular complexity index is 553. The second-order valence-corrected chi connectivity index (χ2v) is 5.38. The number of nitrogens with two attached hydrogens (primary N) is 1. The summed E-state index contributed by atoms with van der Waals surface area (Å²) in [6, 6.07) is 6.02. The number of aromatic nitrogens is 3. The van der Waals surface area contributed by atoms with Crippen LogP contribution in [0.4, 0.5) is 0 Å². The van der Waals surface area contributed by atoms with Crippen molar-refractivity contribution >= 4 is 15.9 Å². The Balaban J connectivity index is 2.06. The number of nitrogens with zero attached hydrogens (tertiary/aromatic N) is 3. The molecule has 102 valence electrons. The Morgan fingerprint density at radius 2 is 2.26 bits per heavy atom. The molecule has 1 heterocycles. The fraction of sp³-hybridized carbons (Fsp3) is 0.385. The molecular weight excluding hydrogens is 308 g/mol. The number of hydrogen-bond donors (Lipinski definition) is 1. The highest BCUT2D eigenvalue weighted by Crippen LogP contribution is 2.24. The van der Waals surface area contributed by atoms with Gasteiger partial charge in [-0.05, 0) is 37.1 Å². The van der Waals surface area contributed by atoms with Gasteiger partial charge in [0, 0.05) is 17.6 Å². The third kappa shape index (κ3) is 3.78. The predicted molar refractivity (Wildman–Crippen MR) is 76.8 cm³/mol. The predicted octanol–water partition coefficient (Wildman–Crippen LogP) is 2.05.